The molecule has 3 heterocycles. The molecule has 0 bridgehead atoms. The highest BCUT2D eigenvalue weighted by atomic mass is 19.4. The van der Waals surface area contributed by atoms with Crippen LogP contribution in [0.2, 0.25) is 0 Å². The minimum Gasteiger partial charge on any atom is -0.392 e. The van der Waals surface area contributed by atoms with Gasteiger partial charge in [0.15, 0.2) is 0 Å². The third-order valence-electron chi connectivity index (χ3n) is 8.98. The Kier molecular flexibility index (Phi) is 11.3. The van der Waals surface area contributed by atoms with Crippen LogP contribution in [0.3, 0.4) is 0 Å². The molecular formula is C34H46F3N5O3. The van der Waals surface area contributed by atoms with Gasteiger partial charge in [0.1, 0.15) is 6.61 Å². The van der Waals surface area contributed by atoms with Gasteiger partial charge in [-0.15, -0.1) is 9.94 Å². The zero-order valence-electron chi connectivity index (χ0n) is 27.2. The predicted octanol–water partition coefficient (Wildman–Crippen LogP) is 5.61. The van der Waals surface area contributed by atoms with Crippen LogP contribution in [0, 0.1) is 13.8 Å². The molecule has 2 aliphatic heterocycles. The average molecular weight is 630 g/mol. The molecule has 246 valence electrons. The van der Waals surface area contributed by atoms with Crippen molar-refractivity contribution in [3.63, 3.8) is 0 Å². The summed E-state index contributed by atoms with van der Waals surface area (Å²) >= 11 is 0. The van der Waals surface area contributed by atoms with E-state index in [0.29, 0.717) is 43.2 Å². The molecule has 3 aromatic rings. The highest BCUT2D eigenvalue weighted by molar-refractivity contribution is 5.96. The molecule has 1 atom stereocenters. The van der Waals surface area contributed by atoms with E-state index in [-0.39, 0.29) is 17.5 Å². The zero-order chi connectivity index (χ0) is 32.8. The first-order chi connectivity index (χ1) is 21.4. The molecule has 45 heavy (non-hydrogen) atoms. The topological polar surface area (TPSA) is 63.1 Å². The SMILES string of the molecule is COC.Cc1nn(OCc2ccccc2)c(C)c1C(=O)N1CCC(C)(N2CCN(Cc3ccc(C(F)(F)F)cc3)[C@@H](C)C2)CC1. The van der Waals surface area contributed by atoms with Gasteiger partial charge in [-0.05, 0) is 63.8 Å². The highest BCUT2D eigenvalue weighted by Gasteiger charge is 2.40. The van der Waals surface area contributed by atoms with Gasteiger partial charge in [0.05, 0.1) is 22.5 Å². The number of benzene rings is 2. The van der Waals surface area contributed by atoms with Crippen LogP contribution in [0.15, 0.2) is 54.6 Å². The van der Waals surface area contributed by atoms with Gasteiger partial charge in [-0.2, -0.15) is 13.2 Å². The number of amides is 1. The Morgan fingerprint density at radius 3 is 2.16 bits per heavy atom. The number of rotatable bonds is 7. The molecule has 1 aromatic heterocycles. The molecule has 2 fully saturated rings. The number of methoxy groups -OCH3 is 1. The Hall–Kier alpha value is -3.41. The van der Waals surface area contributed by atoms with Gasteiger partial charge in [-0.25, -0.2) is 0 Å². The Balaban J connectivity index is 0.00000148. The molecule has 11 heteroatoms. The van der Waals surface area contributed by atoms with E-state index in [9.17, 15) is 18.0 Å². The van der Waals surface area contributed by atoms with Crippen LogP contribution in [-0.4, -0.2) is 89.1 Å². The number of piperidine rings is 1. The normalized spacial score (nSPS) is 19.1. The van der Waals surface area contributed by atoms with Crippen molar-refractivity contribution in [3.8, 4) is 0 Å². The van der Waals surface area contributed by atoms with Gasteiger partial charge < -0.3 is 14.5 Å². The van der Waals surface area contributed by atoms with Crippen molar-refractivity contribution in [1.82, 2.24) is 24.6 Å². The lowest BCUT2D eigenvalue weighted by molar-refractivity contribution is -0.137. The second-order valence-electron chi connectivity index (χ2n) is 12.3. The minimum absolute atomic E-state index is 0.00339. The van der Waals surface area contributed by atoms with E-state index in [2.05, 4.69) is 33.5 Å². The molecule has 1 amide bonds. The van der Waals surface area contributed by atoms with Gasteiger partial charge in [0.2, 0.25) is 0 Å². The second kappa shape index (κ2) is 14.8. The van der Waals surface area contributed by atoms with Crippen LogP contribution in [-0.2, 0) is 24.1 Å². The number of halogens is 3. The van der Waals surface area contributed by atoms with Crippen LogP contribution in [0.4, 0.5) is 13.2 Å². The molecule has 0 radical (unpaired) electrons. The maximum atomic E-state index is 13.6. The van der Waals surface area contributed by atoms with E-state index in [1.807, 2.05) is 49.1 Å². The third-order valence-corrected chi connectivity index (χ3v) is 8.98. The van der Waals surface area contributed by atoms with Crippen molar-refractivity contribution in [2.24, 2.45) is 0 Å². The summed E-state index contributed by atoms with van der Waals surface area (Å²) < 4.78 is 43.0. The molecule has 2 saturated heterocycles. The summed E-state index contributed by atoms with van der Waals surface area (Å²) in [5.41, 5.74) is 3.27. The number of ether oxygens (including phenoxy) is 1. The van der Waals surface area contributed by atoms with Crippen LogP contribution >= 0.6 is 0 Å². The first kappa shape index (κ1) is 34.5. The quantitative estimate of drug-likeness (QED) is 0.339. The summed E-state index contributed by atoms with van der Waals surface area (Å²) in [5.74, 6) is -0.00339. The van der Waals surface area contributed by atoms with Crippen molar-refractivity contribution >= 4 is 5.91 Å². The maximum Gasteiger partial charge on any atom is 0.416 e. The number of hydrogen-bond acceptors (Lipinski definition) is 6. The third kappa shape index (κ3) is 8.45. The highest BCUT2D eigenvalue weighted by Crippen LogP contribution is 2.33. The van der Waals surface area contributed by atoms with Gasteiger partial charge in [0.25, 0.3) is 5.91 Å². The monoisotopic (exact) mass is 629 g/mol. The number of aromatic nitrogens is 2. The van der Waals surface area contributed by atoms with Crippen LogP contribution < -0.4 is 4.84 Å². The summed E-state index contributed by atoms with van der Waals surface area (Å²) in [4.78, 5) is 27.8. The van der Waals surface area contributed by atoms with Gasteiger partial charge in [0, 0.05) is 65.1 Å². The minimum atomic E-state index is -4.32. The second-order valence-corrected chi connectivity index (χ2v) is 12.3. The van der Waals surface area contributed by atoms with Crippen molar-refractivity contribution in [1.29, 1.82) is 0 Å². The van der Waals surface area contributed by atoms with Gasteiger partial charge in [-0.3, -0.25) is 14.6 Å². The molecule has 0 unspecified atom stereocenters. The Morgan fingerprint density at radius 2 is 1.58 bits per heavy atom. The Morgan fingerprint density at radius 1 is 0.956 bits per heavy atom. The Bertz CT molecular complexity index is 1390. The van der Waals surface area contributed by atoms with Crippen molar-refractivity contribution in [2.75, 3.05) is 46.9 Å². The fraction of sp³-hybridized carbons (Fsp3) is 0.529. The largest absolute Gasteiger partial charge is 0.416 e. The number of hydrogen-bond donors (Lipinski definition) is 0. The zero-order valence-corrected chi connectivity index (χ0v) is 27.2. The summed E-state index contributed by atoms with van der Waals surface area (Å²) in [7, 11) is 3.25. The number of aryl methyl sites for hydroxylation is 1. The molecule has 8 nitrogen and oxygen atoms in total. The molecule has 0 N–H and O–H groups in total. The molecule has 5 rings (SSSR count). The van der Waals surface area contributed by atoms with E-state index in [4.69, 9.17) is 4.84 Å². The number of likely N-dealkylation sites (tertiary alicyclic amines) is 1. The number of alkyl halides is 3. The maximum absolute atomic E-state index is 13.6. The number of piperazine rings is 1. The average Bonchev–Trinajstić information content (AvgIpc) is 3.30. The van der Waals surface area contributed by atoms with E-state index in [1.165, 1.54) is 4.85 Å². The predicted molar refractivity (Wildman–Crippen MR) is 168 cm³/mol. The van der Waals surface area contributed by atoms with Gasteiger partial charge >= 0.3 is 6.18 Å². The van der Waals surface area contributed by atoms with Gasteiger partial charge in [-0.1, -0.05) is 42.5 Å². The first-order valence-electron chi connectivity index (χ1n) is 15.4. The van der Waals surface area contributed by atoms with Crippen molar-refractivity contribution < 1.29 is 27.5 Å². The summed E-state index contributed by atoms with van der Waals surface area (Å²) in [5, 5.41) is 4.49. The van der Waals surface area contributed by atoms with Crippen molar-refractivity contribution in [3.05, 3.63) is 88.2 Å². The summed E-state index contributed by atoms with van der Waals surface area (Å²) in [6.45, 7) is 13.2. The smallest absolute Gasteiger partial charge is 0.392 e. The van der Waals surface area contributed by atoms with Crippen LogP contribution in [0.1, 0.15) is 65.1 Å². The summed E-state index contributed by atoms with van der Waals surface area (Å²) in [6.07, 6.45) is -2.56. The summed E-state index contributed by atoms with van der Waals surface area (Å²) in [6, 6.07) is 15.6. The Labute approximate surface area is 264 Å². The number of carbonyl (C=O) groups excluding carboxylic acids is 1. The van der Waals surface area contributed by atoms with E-state index >= 15 is 0 Å². The molecule has 0 saturated carbocycles. The van der Waals surface area contributed by atoms with E-state index in [1.54, 1.807) is 26.4 Å². The lowest BCUT2D eigenvalue weighted by Crippen LogP contribution is -2.61. The van der Waals surface area contributed by atoms with Crippen LogP contribution in [0.25, 0.3) is 0 Å². The fourth-order valence-electron chi connectivity index (χ4n) is 6.18. The van der Waals surface area contributed by atoms with Crippen LogP contribution in [0.5, 0.6) is 0 Å². The number of carbonyl (C=O) groups is 1. The van der Waals surface area contributed by atoms with Crippen molar-refractivity contribution in [2.45, 2.75) is 71.4 Å². The first-order valence-corrected chi connectivity index (χ1v) is 15.4. The van der Waals surface area contributed by atoms with E-state index in [0.717, 1.165) is 55.7 Å². The standard InChI is InChI=1S/C32H40F3N5O2.C2H6O/c1-23-20-39(19-18-38(23)21-26-10-12-28(13-11-26)32(33,34)35)31(4)14-16-37(17-15-31)30(41)29-24(2)36-40(25(29)3)42-22-27-8-6-5-7-9-27;1-3-2/h5-13,23H,14-22H2,1-4H3;1-2H3/t23-;/m0./s1. The molecular weight excluding hydrogens is 583 g/mol. The number of nitrogens with zero attached hydrogens (tertiary/aromatic N) is 5. The molecule has 0 spiro atoms. The lowest BCUT2D eigenvalue weighted by atomic mass is 9.86. The molecule has 0 aliphatic carbocycles. The lowest BCUT2D eigenvalue weighted by Gasteiger charge is -2.51. The molecule has 2 aromatic carbocycles. The van der Waals surface area contributed by atoms with E-state index < -0.39 is 11.7 Å². The molecule has 2 aliphatic rings. The fourth-order valence-corrected chi connectivity index (χ4v) is 6.18.